The molecule has 1 aliphatic heterocycles. The van der Waals surface area contributed by atoms with Crippen molar-refractivity contribution >= 4 is 5.91 Å². The third-order valence-corrected chi connectivity index (χ3v) is 2.87. The first-order valence-corrected chi connectivity index (χ1v) is 5.27. The van der Waals surface area contributed by atoms with Gasteiger partial charge in [-0.3, -0.25) is 4.79 Å². The fourth-order valence-electron chi connectivity index (χ4n) is 2.24. The average Bonchev–Trinajstić information content (AvgIpc) is 2.00. The van der Waals surface area contributed by atoms with Crippen LogP contribution in [-0.4, -0.2) is 22.9 Å². The van der Waals surface area contributed by atoms with E-state index in [1.165, 1.54) is 0 Å². The minimum atomic E-state index is 0.294. The first-order chi connectivity index (χ1) is 5.95. The predicted molar refractivity (Wildman–Crippen MR) is 54.4 cm³/mol. The van der Waals surface area contributed by atoms with E-state index in [1.54, 1.807) is 0 Å². The summed E-state index contributed by atoms with van der Waals surface area (Å²) in [5.41, 5.74) is 0. The van der Waals surface area contributed by atoms with Gasteiger partial charge < -0.3 is 4.90 Å². The van der Waals surface area contributed by atoms with E-state index in [-0.39, 0.29) is 0 Å². The van der Waals surface area contributed by atoms with Gasteiger partial charge in [0.1, 0.15) is 0 Å². The topological polar surface area (TPSA) is 20.3 Å². The Balaban J connectivity index is 2.52. The van der Waals surface area contributed by atoms with Crippen LogP contribution in [0.4, 0.5) is 0 Å². The van der Waals surface area contributed by atoms with Crippen LogP contribution in [0.2, 0.25) is 0 Å². The van der Waals surface area contributed by atoms with Crippen LogP contribution < -0.4 is 0 Å². The fourth-order valence-corrected chi connectivity index (χ4v) is 2.24. The van der Waals surface area contributed by atoms with E-state index in [0.29, 0.717) is 29.8 Å². The van der Waals surface area contributed by atoms with Gasteiger partial charge in [0.2, 0.25) is 5.91 Å². The minimum Gasteiger partial charge on any atom is -0.336 e. The number of likely N-dealkylation sites (tertiary alicyclic amines) is 1. The Bertz CT molecular complexity index is 198. The van der Waals surface area contributed by atoms with E-state index in [0.717, 1.165) is 6.42 Å². The van der Waals surface area contributed by atoms with Gasteiger partial charge in [0.25, 0.3) is 0 Å². The van der Waals surface area contributed by atoms with Crippen LogP contribution in [0.1, 0.15) is 41.0 Å². The third kappa shape index (κ3) is 1.87. The molecule has 0 aromatic carbocycles. The van der Waals surface area contributed by atoms with E-state index in [4.69, 9.17) is 0 Å². The summed E-state index contributed by atoms with van der Waals surface area (Å²) in [4.78, 5) is 13.7. The molecule has 1 heterocycles. The molecule has 1 aliphatic rings. The molecule has 2 nitrogen and oxygen atoms in total. The molecule has 0 N–H and O–H groups in total. The number of rotatable bonds is 3. The molecule has 76 valence electrons. The van der Waals surface area contributed by atoms with Crippen molar-refractivity contribution in [2.75, 3.05) is 0 Å². The summed E-state index contributed by atoms with van der Waals surface area (Å²) < 4.78 is 0. The Morgan fingerprint density at radius 3 is 2.15 bits per heavy atom. The van der Waals surface area contributed by atoms with E-state index >= 15 is 0 Å². The lowest BCUT2D eigenvalue weighted by Crippen LogP contribution is -2.62. The van der Waals surface area contributed by atoms with Crippen molar-refractivity contribution in [3.05, 3.63) is 0 Å². The summed E-state index contributed by atoms with van der Waals surface area (Å²) in [5.74, 6) is 1.28. The number of amides is 1. The Kier molecular flexibility index (Phi) is 2.99. The van der Waals surface area contributed by atoms with E-state index in [1.807, 2.05) is 4.90 Å². The number of hydrogen-bond acceptors (Lipinski definition) is 1. The molecule has 0 saturated carbocycles. The number of carbonyl (C=O) groups excluding carboxylic acids is 1. The molecule has 1 fully saturated rings. The molecule has 0 bridgehead atoms. The Morgan fingerprint density at radius 1 is 1.31 bits per heavy atom. The first kappa shape index (κ1) is 10.6. The molecule has 1 amide bonds. The summed E-state index contributed by atoms with van der Waals surface area (Å²) in [6, 6.07) is 0.820. The van der Waals surface area contributed by atoms with Gasteiger partial charge in [-0.05, 0) is 33.1 Å². The van der Waals surface area contributed by atoms with Gasteiger partial charge in [-0.25, -0.2) is 0 Å². The lowest BCUT2D eigenvalue weighted by molar-refractivity contribution is -0.159. The first-order valence-electron chi connectivity index (χ1n) is 5.27. The molecular weight excluding hydrogens is 162 g/mol. The lowest BCUT2D eigenvalue weighted by Gasteiger charge is -2.48. The summed E-state index contributed by atoms with van der Waals surface area (Å²) in [7, 11) is 0. The fraction of sp³-hybridized carbons (Fsp3) is 0.909. The molecule has 0 spiro atoms. The van der Waals surface area contributed by atoms with Gasteiger partial charge in [0, 0.05) is 12.1 Å². The Hall–Kier alpha value is -0.530. The van der Waals surface area contributed by atoms with Crippen molar-refractivity contribution in [1.82, 2.24) is 4.90 Å². The molecule has 0 unspecified atom stereocenters. The predicted octanol–water partition coefficient (Wildman–Crippen LogP) is 2.29. The SMILES string of the molecule is CC(C)C[C@@H]1C(=O)N(C(C)C)[C@H]1C. The van der Waals surface area contributed by atoms with Crippen molar-refractivity contribution in [2.24, 2.45) is 11.8 Å². The zero-order valence-corrected chi connectivity index (χ0v) is 9.37. The van der Waals surface area contributed by atoms with Crippen molar-refractivity contribution < 1.29 is 4.79 Å². The van der Waals surface area contributed by atoms with E-state index in [2.05, 4.69) is 34.6 Å². The zero-order chi connectivity index (χ0) is 10.2. The average molecular weight is 183 g/mol. The maximum Gasteiger partial charge on any atom is 0.228 e. The molecule has 13 heavy (non-hydrogen) atoms. The second-order valence-electron chi connectivity index (χ2n) is 4.82. The highest BCUT2D eigenvalue weighted by Gasteiger charge is 2.44. The highest BCUT2D eigenvalue weighted by Crippen LogP contribution is 2.33. The molecule has 0 radical (unpaired) electrons. The molecule has 0 aromatic heterocycles. The van der Waals surface area contributed by atoms with Crippen LogP contribution in [-0.2, 0) is 4.79 Å². The molecule has 1 saturated heterocycles. The van der Waals surface area contributed by atoms with Gasteiger partial charge in [-0.15, -0.1) is 0 Å². The third-order valence-electron chi connectivity index (χ3n) is 2.87. The van der Waals surface area contributed by atoms with Gasteiger partial charge >= 0.3 is 0 Å². The normalized spacial score (nSPS) is 28.5. The van der Waals surface area contributed by atoms with Crippen LogP contribution in [0.15, 0.2) is 0 Å². The summed E-state index contributed by atoms with van der Waals surface area (Å²) in [5, 5.41) is 0. The molecule has 0 aliphatic carbocycles. The number of hydrogen-bond donors (Lipinski definition) is 0. The minimum absolute atomic E-state index is 0.294. The van der Waals surface area contributed by atoms with Crippen LogP contribution in [0, 0.1) is 11.8 Å². The van der Waals surface area contributed by atoms with Crippen molar-refractivity contribution in [2.45, 2.75) is 53.1 Å². The second kappa shape index (κ2) is 3.69. The lowest BCUT2D eigenvalue weighted by atomic mass is 9.81. The van der Waals surface area contributed by atoms with Crippen LogP contribution in [0.25, 0.3) is 0 Å². The molecule has 2 atom stereocenters. The Labute approximate surface area is 81.3 Å². The summed E-state index contributed by atoms with van der Waals surface area (Å²) >= 11 is 0. The van der Waals surface area contributed by atoms with Crippen molar-refractivity contribution in [3.63, 3.8) is 0 Å². The van der Waals surface area contributed by atoms with E-state index in [9.17, 15) is 4.79 Å². The summed E-state index contributed by atoms with van der Waals surface area (Å²) in [6.07, 6.45) is 1.04. The molecule has 1 rings (SSSR count). The second-order valence-corrected chi connectivity index (χ2v) is 4.82. The smallest absolute Gasteiger partial charge is 0.228 e. The van der Waals surface area contributed by atoms with Crippen LogP contribution in [0.5, 0.6) is 0 Å². The number of β-lactam (4-membered cyclic amide) rings is 1. The largest absolute Gasteiger partial charge is 0.336 e. The maximum absolute atomic E-state index is 11.7. The number of nitrogens with zero attached hydrogens (tertiary/aromatic N) is 1. The summed E-state index contributed by atoms with van der Waals surface area (Å²) in [6.45, 7) is 10.7. The monoisotopic (exact) mass is 183 g/mol. The Morgan fingerprint density at radius 2 is 1.85 bits per heavy atom. The van der Waals surface area contributed by atoms with Crippen LogP contribution >= 0.6 is 0 Å². The van der Waals surface area contributed by atoms with Crippen LogP contribution in [0.3, 0.4) is 0 Å². The highest BCUT2D eigenvalue weighted by atomic mass is 16.2. The maximum atomic E-state index is 11.7. The molecule has 2 heteroatoms. The van der Waals surface area contributed by atoms with Gasteiger partial charge in [0.15, 0.2) is 0 Å². The standard InChI is InChI=1S/C11H21NO/c1-7(2)6-10-9(5)12(8(3)4)11(10)13/h7-10H,6H2,1-5H3/t9-,10-/m0/s1. The van der Waals surface area contributed by atoms with Gasteiger partial charge in [-0.1, -0.05) is 13.8 Å². The quantitative estimate of drug-likeness (QED) is 0.615. The number of carbonyl (C=O) groups is 1. The van der Waals surface area contributed by atoms with Gasteiger partial charge in [0.05, 0.1) is 5.92 Å². The molecular formula is C11H21NO. The van der Waals surface area contributed by atoms with E-state index < -0.39 is 0 Å². The highest BCUT2D eigenvalue weighted by molar-refractivity contribution is 5.86. The van der Waals surface area contributed by atoms with Crippen molar-refractivity contribution in [1.29, 1.82) is 0 Å². The van der Waals surface area contributed by atoms with Gasteiger partial charge in [-0.2, -0.15) is 0 Å². The zero-order valence-electron chi connectivity index (χ0n) is 9.37. The van der Waals surface area contributed by atoms with Crippen molar-refractivity contribution in [3.8, 4) is 0 Å². The molecule has 0 aromatic rings.